The Balaban J connectivity index is 1.66. The summed E-state index contributed by atoms with van der Waals surface area (Å²) in [7, 11) is 1.66. The third-order valence-electron chi connectivity index (χ3n) is 4.36. The number of likely N-dealkylation sites (tertiary alicyclic amines) is 1. The minimum atomic E-state index is -0.929. The van der Waals surface area contributed by atoms with E-state index in [9.17, 15) is 9.59 Å². The molecular formula is C17H18N6O3. The van der Waals surface area contributed by atoms with Crippen molar-refractivity contribution in [1.82, 2.24) is 24.6 Å². The van der Waals surface area contributed by atoms with Crippen LogP contribution in [0, 0.1) is 17.2 Å². The van der Waals surface area contributed by atoms with Gasteiger partial charge in [-0.2, -0.15) is 5.26 Å². The highest BCUT2D eigenvalue weighted by Crippen LogP contribution is 2.17. The van der Waals surface area contributed by atoms with Gasteiger partial charge in [0.2, 0.25) is 5.82 Å². The number of carbonyl (C=O) groups is 2. The number of benzene rings is 1. The summed E-state index contributed by atoms with van der Waals surface area (Å²) in [4.78, 5) is 30.4. The molecular weight excluding hydrogens is 336 g/mol. The molecule has 0 aliphatic carbocycles. The number of nitriles is 1. The molecule has 0 saturated carbocycles. The van der Waals surface area contributed by atoms with Crippen molar-refractivity contribution >= 4 is 12.0 Å². The minimum Gasteiger partial charge on any atom is -0.465 e. The number of carbonyl (C=O) groups excluding carboxylic acids is 1. The summed E-state index contributed by atoms with van der Waals surface area (Å²) in [6.45, 7) is 1.36. The van der Waals surface area contributed by atoms with Crippen LogP contribution in [0.1, 0.15) is 22.6 Å². The number of carboxylic acid groups (broad SMARTS) is 1. The van der Waals surface area contributed by atoms with Gasteiger partial charge in [-0.3, -0.25) is 4.79 Å². The van der Waals surface area contributed by atoms with Gasteiger partial charge in [0.25, 0.3) is 5.91 Å². The van der Waals surface area contributed by atoms with Crippen molar-refractivity contribution in [1.29, 1.82) is 5.26 Å². The molecule has 0 spiro atoms. The van der Waals surface area contributed by atoms with Gasteiger partial charge in [-0.15, -0.1) is 5.10 Å². The van der Waals surface area contributed by atoms with Crippen LogP contribution < -0.4 is 0 Å². The van der Waals surface area contributed by atoms with Gasteiger partial charge in [-0.05, 0) is 30.5 Å². The van der Waals surface area contributed by atoms with E-state index < -0.39 is 6.09 Å². The van der Waals surface area contributed by atoms with Gasteiger partial charge in [-0.1, -0.05) is 6.07 Å². The van der Waals surface area contributed by atoms with Crippen molar-refractivity contribution in [3.8, 4) is 11.8 Å². The molecule has 1 aromatic carbocycles. The quantitative estimate of drug-likeness (QED) is 0.882. The van der Waals surface area contributed by atoms with E-state index in [4.69, 9.17) is 10.4 Å². The Morgan fingerprint density at radius 3 is 2.96 bits per heavy atom. The second-order valence-corrected chi connectivity index (χ2v) is 6.24. The lowest BCUT2D eigenvalue weighted by Gasteiger charge is -2.20. The van der Waals surface area contributed by atoms with E-state index in [1.807, 2.05) is 0 Å². The van der Waals surface area contributed by atoms with Crippen LogP contribution in [0.4, 0.5) is 4.79 Å². The summed E-state index contributed by atoms with van der Waals surface area (Å²) in [6.07, 6.45) is 1.23. The second-order valence-electron chi connectivity index (χ2n) is 6.24. The number of hydrogen-bond acceptors (Lipinski definition) is 5. The lowest BCUT2D eigenvalue weighted by atomic mass is 10.1. The molecule has 26 heavy (non-hydrogen) atoms. The largest absolute Gasteiger partial charge is 0.465 e. The summed E-state index contributed by atoms with van der Waals surface area (Å²) in [5.41, 5.74) is 1.14. The number of rotatable bonds is 4. The van der Waals surface area contributed by atoms with Crippen molar-refractivity contribution in [2.24, 2.45) is 5.92 Å². The maximum atomic E-state index is 12.5. The maximum Gasteiger partial charge on any atom is 0.407 e. The zero-order valence-electron chi connectivity index (χ0n) is 14.2. The number of amides is 2. The standard InChI is InChI=1S/C17H18N6O3/c1-21(9-13-5-6-22(10-13)17(25)26)16(24)15-19-11-23(20-15)14-4-2-3-12(7-14)8-18/h2-4,7,11,13H,5-6,9-10H2,1H3,(H,25,26)/t13-/m1/s1. The minimum absolute atomic E-state index is 0.0583. The van der Waals surface area contributed by atoms with Crippen LogP contribution in [-0.4, -0.2) is 68.4 Å². The lowest BCUT2D eigenvalue weighted by Crippen LogP contribution is -2.34. The van der Waals surface area contributed by atoms with Gasteiger partial charge in [0.15, 0.2) is 0 Å². The van der Waals surface area contributed by atoms with Crippen molar-refractivity contribution in [2.75, 3.05) is 26.7 Å². The zero-order chi connectivity index (χ0) is 18.7. The maximum absolute atomic E-state index is 12.5. The average molecular weight is 354 g/mol. The zero-order valence-corrected chi connectivity index (χ0v) is 14.2. The molecule has 2 heterocycles. The average Bonchev–Trinajstić information content (AvgIpc) is 3.31. The third-order valence-corrected chi connectivity index (χ3v) is 4.36. The first kappa shape index (κ1) is 17.4. The smallest absolute Gasteiger partial charge is 0.407 e. The molecule has 0 radical (unpaired) electrons. The van der Waals surface area contributed by atoms with Gasteiger partial charge in [0.1, 0.15) is 6.33 Å². The van der Waals surface area contributed by atoms with Crippen LogP contribution in [-0.2, 0) is 0 Å². The lowest BCUT2D eigenvalue weighted by molar-refractivity contribution is 0.0762. The Kier molecular flexibility index (Phi) is 4.84. The van der Waals surface area contributed by atoms with Gasteiger partial charge in [-0.25, -0.2) is 14.5 Å². The second kappa shape index (κ2) is 7.23. The molecule has 1 aromatic heterocycles. The topological polar surface area (TPSA) is 115 Å². The van der Waals surface area contributed by atoms with Gasteiger partial charge in [0.05, 0.1) is 17.3 Å². The molecule has 3 rings (SSSR count). The normalized spacial score (nSPS) is 16.3. The first-order chi connectivity index (χ1) is 12.5. The molecule has 9 heteroatoms. The molecule has 2 aromatic rings. The van der Waals surface area contributed by atoms with Crippen molar-refractivity contribution < 1.29 is 14.7 Å². The number of aromatic nitrogens is 3. The van der Waals surface area contributed by atoms with Crippen LogP contribution in [0.25, 0.3) is 5.69 Å². The summed E-state index contributed by atoms with van der Waals surface area (Å²) in [5, 5.41) is 22.2. The molecule has 1 atom stereocenters. The first-order valence-electron chi connectivity index (χ1n) is 8.13. The van der Waals surface area contributed by atoms with Crippen LogP contribution >= 0.6 is 0 Å². The van der Waals surface area contributed by atoms with Crippen LogP contribution in [0.3, 0.4) is 0 Å². The Morgan fingerprint density at radius 2 is 2.27 bits per heavy atom. The molecule has 1 fully saturated rings. The third kappa shape index (κ3) is 3.64. The Bertz CT molecular complexity index is 871. The van der Waals surface area contributed by atoms with Crippen LogP contribution in [0.5, 0.6) is 0 Å². The molecule has 0 unspecified atom stereocenters. The SMILES string of the molecule is CN(C[C@H]1CCN(C(=O)O)C1)C(=O)c1ncn(-c2cccc(C#N)c2)n1. The molecule has 0 bridgehead atoms. The van der Waals surface area contributed by atoms with E-state index in [-0.39, 0.29) is 17.6 Å². The fourth-order valence-corrected chi connectivity index (χ4v) is 3.00. The van der Waals surface area contributed by atoms with Gasteiger partial charge >= 0.3 is 6.09 Å². The van der Waals surface area contributed by atoms with Crippen molar-refractivity contribution in [3.05, 3.63) is 42.0 Å². The van der Waals surface area contributed by atoms with E-state index in [0.717, 1.165) is 6.42 Å². The van der Waals surface area contributed by atoms with E-state index in [1.54, 1.807) is 31.3 Å². The highest BCUT2D eigenvalue weighted by atomic mass is 16.4. The molecule has 1 N–H and O–H groups in total. The summed E-state index contributed by atoms with van der Waals surface area (Å²) >= 11 is 0. The first-order valence-corrected chi connectivity index (χ1v) is 8.13. The van der Waals surface area contributed by atoms with E-state index >= 15 is 0 Å². The molecule has 1 saturated heterocycles. The Morgan fingerprint density at radius 1 is 1.46 bits per heavy atom. The van der Waals surface area contributed by atoms with E-state index in [1.165, 1.54) is 20.8 Å². The number of nitrogens with zero attached hydrogens (tertiary/aromatic N) is 6. The Hall–Kier alpha value is -3.41. The van der Waals surface area contributed by atoms with Gasteiger partial charge < -0.3 is 14.9 Å². The molecule has 2 amide bonds. The fourth-order valence-electron chi connectivity index (χ4n) is 3.00. The Labute approximate surface area is 150 Å². The summed E-state index contributed by atoms with van der Waals surface area (Å²) in [5.74, 6) is -0.161. The van der Waals surface area contributed by atoms with Crippen LogP contribution in [0.2, 0.25) is 0 Å². The highest BCUT2D eigenvalue weighted by Gasteiger charge is 2.28. The molecule has 134 valence electrons. The summed E-state index contributed by atoms with van der Waals surface area (Å²) < 4.78 is 1.45. The van der Waals surface area contributed by atoms with Crippen molar-refractivity contribution in [2.45, 2.75) is 6.42 Å². The molecule has 9 nitrogen and oxygen atoms in total. The molecule has 1 aliphatic rings. The fraction of sp³-hybridized carbons (Fsp3) is 0.353. The number of hydrogen-bond donors (Lipinski definition) is 1. The van der Waals surface area contributed by atoms with E-state index in [0.29, 0.717) is 30.9 Å². The highest BCUT2D eigenvalue weighted by molar-refractivity contribution is 5.90. The van der Waals surface area contributed by atoms with E-state index in [2.05, 4.69) is 16.2 Å². The predicted octanol–water partition coefficient (Wildman–Crippen LogP) is 1.21. The van der Waals surface area contributed by atoms with Crippen LogP contribution in [0.15, 0.2) is 30.6 Å². The van der Waals surface area contributed by atoms with Crippen molar-refractivity contribution in [3.63, 3.8) is 0 Å². The predicted molar refractivity (Wildman–Crippen MR) is 90.7 cm³/mol. The monoisotopic (exact) mass is 354 g/mol. The molecule has 1 aliphatic heterocycles. The summed E-state index contributed by atoms with van der Waals surface area (Å²) in [6, 6.07) is 8.90. The van der Waals surface area contributed by atoms with Gasteiger partial charge in [0, 0.05) is 26.7 Å².